The monoisotopic (exact) mass is 395 g/mol. The molecule has 0 aromatic heterocycles. The molecule has 1 unspecified atom stereocenters. The van der Waals surface area contributed by atoms with E-state index < -0.39 is 10.8 Å². The lowest BCUT2D eigenvalue weighted by Crippen LogP contribution is -2.13. The van der Waals surface area contributed by atoms with Crippen LogP contribution in [0, 0.1) is 13.8 Å². The van der Waals surface area contributed by atoms with Gasteiger partial charge in [0.15, 0.2) is 0 Å². The van der Waals surface area contributed by atoms with E-state index in [2.05, 4.69) is 5.16 Å². The predicted molar refractivity (Wildman–Crippen MR) is 114 cm³/mol. The molecule has 27 heavy (non-hydrogen) atoms. The van der Waals surface area contributed by atoms with E-state index in [1.54, 1.807) is 0 Å². The van der Waals surface area contributed by atoms with E-state index in [0.29, 0.717) is 24.7 Å². The Morgan fingerprint density at radius 3 is 2.48 bits per heavy atom. The SMILES string of the molecule is C/C=C/COc1cc(C)c(OCCCCS(=O)C/C(CC)=N/OC)c(C)c1. The van der Waals surface area contributed by atoms with Crippen molar-refractivity contribution < 1.29 is 18.5 Å². The quantitative estimate of drug-likeness (QED) is 0.212. The molecule has 5 nitrogen and oxygen atoms in total. The Morgan fingerprint density at radius 2 is 1.89 bits per heavy atom. The van der Waals surface area contributed by atoms with E-state index in [1.807, 2.05) is 52.0 Å². The van der Waals surface area contributed by atoms with Gasteiger partial charge in [0, 0.05) is 16.6 Å². The van der Waals surface area contributed by atoms with Crippen molar-refractivity contribution in [3.8, 4) is 11.5 Å². The molecule has 0 aliphatic rings. The van der Waals surface area contributed by atoms with Crippen molar-refractivity contribution >= 4 is 16.5 Å². The molecule has 0 heterocycles. The van der Waals surface area contributed by atoms with E-state index in [0.717, 1.165) is 47.6 Å². The molecule has 1 atom stereocenters. The lowest BCUT2D eigenvalue weighted by molar-refractivity contribution is 0.212. The second-order valence-corrected chi connectivity index (χ2v) is 7.88. The van der Waals surface area contributed by atoms with Crippen molar-refractivity contribution in [1.29, 1.82) is 0 Å². The van der Waals surface area contributed by atoms with Crippen LogP contribution in [-0.2, 0) is 15.6 Å². The van der Waals surface area contributed by atoms with Crippen LogP contribution in [0.1, 0.15) is 44.2 Å². The fourth-order valence-corrected chi connectivity index (χ4v) is 3.88. The van der Waals surface area contributed by atoms with Crippen LogP contribution < -0.4 is 9.47 Å². The van der Waals surface area contributed by atoms with Gasteiger partial charge in [0.25, 0.3) is 0 Å². The van der Waals surface area contributed by atoms with Gasteiger partial charge in [0.1, 0.15) is 25.2 Å². The molecule has 0 spiro atoms. The van der Waals surface area contributed by atoms with Gasteiger partial charge in [-0.3, -0.25) is 4.21 Å². The average Bonchev–Trinajstić information content (AvgIpc) is 2.63. The number of oxime groups is 1. The summed E-state index contributed by atoms with van der Waals surface area (Å²) in [7, 11) is 0.611. The molecule has 1 aromatic carbocycles. The zero-order valence-corrected chi connectivity index (χ0v) is 18.1. The first-order valence-corrected chi connectivity index (χ1v) is 10.9. The molecular formula is C21H33NO4S. The van der Waals surface area contributed by atoms with Crippen molar-refractivity contribution in [2.24, 2.45) is 5.16 Å². The van der Waals surface area contributed by atoms with Gasteiger partial charge in [-0.25, -0.2) is 0 Å². The van der Waals surface area contributed by atoms with Gasteiger partial charge in [-0.2, -0.15) is 0 Å². The van der Waals surface area contributed by atoms with Gasteiger partial charge in [0.2, 0.25) is 0 Å². The summed E-state index contributed by atoms with van der Waals surface area (Å²) in [6.07, 6.45) is 6.43. The van der Waals surface area contributed by atoms with E-state index >= 15 is 0 Å². The van der Waals surface area contributed by atoms with Crippen molar-refractivity contribution in [3.63, 3.8) is 0 Å². The summed E-state index contributed by atoms with van der Waals surface area (Å²) >= 11 is 0. The first-order valence-electron chi connectivity index (χ1n) is 9.43. The second kappa shape index (κ2) is 13.4. The lowest BCUT2D eigenvalue weighted by Gasteiger charge is -2.14. The normalized spacial score (nSPS) is 13.0. The molecule has 0 fully saturated rings. The number of unbranched alkanes of at least 4 members (excludes halogenated alkanes) is 1. The molecule has 0 saturated heterocycles. The molecular weight excluding hydrogens is 362 g/mol. The Bertz CT molecular complexity index is 633. The third-order valence-corrected chi connectivity index (χ3v) is 5.38. The summed E-state index contributed by atoms with van der Waals surface area (Å²) in [6.45, 7) is 9.21. The summed E-state index contributed by atoms with van der Waals surface area (Å²) in [5.74, 6) is 2.91. The van der Waals surface area contributed by atoms with Crippen molar-refractivity contribution in [2.75, 3.05) is 31.8 Å². The van der Waals surface area contributed by atoms with Crippen molar-refractivity contribution in [3.05, 3.63) is 35.4 Å². The summed E-state index contributed by atoms with van der Waals surface area (Å²) in [4.78, 5) is 4.77. The molecule has 0 aliphatic carbocycles. The molecule has 1 rings (SSSR count). The van der Waals surface area contributed by atoms with Crippen LogP contribution in [0.3, 0.4) is 0 Å². The standard InChI is InChI=1S/C21H33NO4S/c1-6-8-11-25-20-14-17(3)21(18(4)15-20)26-12-9-10-13-27(23)16-19(7-2)22-24-5/h6,8,14-15H,7,9-13,16H2,1-5H3/b8-6+,22-19+. The van der Waals surface area contributed by atoms with Crippen molar-refractivity contribution in [2.45, 2.75) is 47.0 Å². The highest BCUT2D eigenvalue weighted by atomic mass is 32.2. The topological polar surface area (TPSA) is 57.1 Å². The van der Waals surface area contributed by atoms with Crippen LogP contribution in [0.25, 0.3) is 0 Å². The van der Waals surface area contributed by atoms with Gasteiger partial charge in [-0.15, -0.1) is 0 Å². The third-order valence-electron chi connectivity index (χ3n) is 3.98. The molecule has 6 heteroatoms. The Hall–Kier alpha value is -1.82. The van der Waals surface area contributed by atoms with E-state index in [1.165, 1.54) is 7.11 Å². The predicted octanol–water partition coefficient (Wildman–Crippen LogP) is 4.58. The molecule has 0 bridgehead atoms. The van der Waals surface area contributed by atoms with Gasteiger partial charge < -0.3 is 14.3 Å². The number of aryl methyl sites for hydroxylation is 2. The van der Waals surface area contributed by atoms with Crippen LogP contribution >= 0.6 is 0 Å². The van der Waals surface area contributed by atoms with Gasteiger partial charge in [-0.05, 0) is 63.3 Å². The van der Waals surface area contributed by atoms with Gasteiger partial charge in [0.05, 0.1) is 18.1 Å². The number of hydrogen-bond donors (Lipinski definition) is 0. The van der Waals surface area contributed by atoms with E-state index in [-0.39, 0.29) is 0 Å². The Labute approximate surface area is 166 Å². The summed E-state index contributed by atoms with van der Waals surface area (Å²) in [5, 5.41) is 3.90. The first kappa shape index (κ1) is 23.2. The maximum atomic E-state index is 12.1. The summed E-state index contributed by atoms with van der Waals surface area (Å²) in [6, 6.07) is 4.00. The molecule has 0 saturated carbocycles. The lowest BCUT2D eigenvalue weighted by atomic mass is 10.1. The Kier molecular flexibility index (Phi) is 11.5. The zero-order chi connectivity index (χ0) is 20.1. The number of rotatable bonds is 13. The fraction of sp³-hybridized carbons (Fsp3) is 0.571. The fourth-order valence-electron chi connectivity index (χ4n) is 2.58. The number of hydrogen-bond acceptors (Lipinski definition) is 5. The van der Waals surface area contributed by atoms with Gasteiger partial charge >= 0.3 is 0 Å². The Balaban J connectivity index is 2.39. The Morgan fingerprint density at radius 1 is 1.19 bits per heavy atom. The van der Waals surface area contributed by atoms with Crippen molar-refractivity contribution in [1.82, 2.24) is 0 Å². The molecule has 0 N–H and O–H groups in total. The average molecular weight is 396 g/mol. The number of benzene rings is 1. The summed E-state index contributed by atoms with van der Waals surface area (Å²) < 4.78 is 23.7. The minimum absolute atomic E-state index is 0.484. The highest BCUT2D eigenvalue weighted by Crippen LogP contribution is 2.28. The van der Waals surface area contributed by atoms with Crippen LogP contribution in [0.2, 0.25) is 0 Å². The minimum Gasteiger partial charge on any atom is -0.493 e. The zero-order valence-electron chi connectivity index (χ0n) is 17.2. The maximum Gasteiger partial charge on any atom is 0.125 e. The molecule has 0 amide bonds. The molecule has 1 aromatic rings. The van der Waals surface area contributed by atoms with Crippen LogP contribution in [-0.4, -0.2) is 41.7 Å². The highest BCUT2D eigenvalue weighted by molar-refractivity contribution is 7.85. The van der Waals surface area contributed by atoms with E-state index in [4.69, 9.17) is 14.3 Å². The van der Waals surface area contributed by atoms with E-state index in [9.17, 15) is 4.21 Å². The van der Waals surface area contributed by atoms with Crippen LogP contribution in [0.4, 0.5) is 0 Å². The summed E-state index contributed by atoms with van der Waals surface area (Å²) in [5.41, 5.74) is 2.98. The molecule has 152 valence electrons. The maximum absolute atomic E-state index is 12.1. The molecule has 0 radical (unpaired) electrons. The smallest absolute Gasteiger partial charge is 0.125 e. The first-order chi connectivity index (χ1) is 13.0. The second-order valence-electron chi connectivity index (χ2n) is 6.30. The number of nitrogens with zero attached hydrogens (tertiary/aromatic N) is 1. The molecule has 0 aliphatic heterocycles. The number of ether oxygens (including phenoxy) is 2. The van der Waals surface area contributed by atoms with Crippen LogP contribution in [0.15, 0.2) is 29.4 Å². The number of allylic oxidation sites excluding steroid dienone is 1. The minimum atomic E-state index is -0.904. The third kappa shape index (κ3) is 9.09. The van der Waals surface area contributed by atoms with Crippen LogP contribution in [0.5, 0.6) is 11.5 Å². The van der Waals surface area contributed by atoms with Gasteiger partial charge in [-0.1, -0.05) is 24.2 Å². The highest BCUT2D eigenvalue weighted by Gasteiger charge is 2.08. The largest absolute Gasteiger partial charge is 0.493 e.